The van der Waals surface area contributed by atoms with Crippen LogP contribution in [-0.2, 0) is 24.4 Å². The number of anilines is 1. The summed E-state index contributed by atoms with van der Waals surface area (Å²) in [5, 5.41) is 15.3. The van der Waals surface area contributed by atoms with E-state index in [2.05, 4.69) is 10.6 Å². The number of benzene rings is 2. The van der Waals surface area contributed by atoms with Gasteiger partial charge in [-0.1, -0.05) is 36.4 Å². The average molecular weight is 312 g/mol. The monoisotopic (exact) mass is 312 g/mol. The lowest BCUT2D eigenvalue weighted by atomic mass is 10.1. The van der Waals surface area contributed by atoms with Gasteiger partial charge in [0.1, 0.15) is 0 Å². The molecule has 0 atom stereocenters. The van der Waals surface area contributed by atoms with Gasteiger partial charge in [0.2, 0.25) is 5.91 Å². The Morgan fingerprint density at radius 2 is 1.52 bits per heavy atom. The van der Waals surface area contributed by atoms with Gasteiger partial charge in [-0.3, -0.25) is 4.79 Å². The summed E-state index contributed by atoms with van der Waals surface area (Å²) >= 11 is 0. The van der Waals surface area contributed by atoms with Crippen LogP contribution in [-0.4, -0.2) is 17.1 Å². The highest BCUT2D eigenvalue weighted by molar-refractivity contribution is 5.78. The molecule has 0 saturated heterocycles. The van der Waals surface area contributed by atoms with Crippen molar-refractivity contribution in [2.24, 2.45) is 0 Å². The molecule has 23 heavy (non-hydrogen) atoms. The van der Waals surface area contributed by atoms with Gasteiger partial charge in [0.25, 0.3) is 0 Å². The van der Waals surface area contributed by atoms with Gasteiger partial charge in [0.15, 0.2) is 0 Å². The largest absolute Gasteiger partial charge is 0.392 e. The number of hydrogen-bond donors (Lipinski definition) is 3. The molecule has 4 heteroatoms. The Labute approximate surface area is 137 Å². The van der Waals surface area contributed by atoms with Crippen molar-refractivity contribution in [3.8, 4) is 0 Å². The molecule has 1 amide bonds. The number of hydrogen-bond acceptors (Lipinski definition) is 3. The number of rotatable bonds is 7. The maximum absolute atomic E-state index is 11.7. The Balaban J connectivity index is 1.85. The first-order valence-corrected chi connectivity index (χ1v) is 7.87. The predicted octanol–water partition coefficient (Wildman–Crippen LogP) is 2.86. The van der Waals surface area contributed by atoms with Crippen LogP contribution in [0.1, 0.15) is 30.5 Å². The minimum atomic E-state index is 0.0460. The molecule has 2 aromatic rings. The van der Waals surface area contributed by atoms with Crippen molar-refractivity contribution in [1.82, 2.24) is 5.32 Å². The summed E-state index contributed by atoms with van der Waals surface area (Å²) in [5.41, 5.74) is 4.09. The summed E-state index contributed by atoms with van der Waals surface area (Å²) in [5.74, 6) is 0.0460. The number of carbonyl (C=O) groups is 1. The molecule has 2 aromatic carbocycles. The molecule has 0 fully saturated rings. The van der Waals surface area contributed by atoms with Crippen molar-refractivity contribution in [2.45, 2.75) is 39.5 Å². The van der Waals surface area contributed by atoms with E-state index in [0.29, 0.717) is 6.42 Å². The highest BCUT2D eigenvalue weighted by atomic mass is 16.3. The summed E-state index contributed by atoms with van der Waals surface area (Å²) in [6, 6.07) is 15.9. The lowest BCUT2D eigenvalue weighted by Crippen LogP contribution is -2.31. The molecule has 0 aliphatic heterocycles. The maximum atomic E-state index is 11.7. The third-order valence-corrected chi connectivity index (χ3v) is 3.47. The highest BCUT2D eigenvalue weighted by Crippen LogP contribution is 2.12. The topological polar surface area (TPSA) is 61.4 Å². The van der Waals surface area contributed by atoms with E-state index < -0.39 is 0 Å². The zero-order valence-corrected chi connectivity index (χ0v) is 13.7. The molecular weight excluding hydrogens is 288 g/mol. The second kappa shape index (κ2) is 8.34. The molecule has 0 aliphatic carbocycles. The van der Waals surface area contributed by atoms with E-state index in [-0.39, 0.29) is 18.6 Å². The van der Waals surface area contributed by atoms with Crippen molar-refractivity contribution in [3.05, 3.63) is 65.2 Å². The molecule has 3 N–H and O–H groups in total. The summed E-state index contributed by atoms with van der Waals surface area (Å²) < 4.78 is 0. The molecule has 0 saturated carbocycles. The zero-order chi connectivity index (χ0) is 16.7. The molecule has 0 heterocycles. The van der Waals surface area contributed by atoms with Crippen LogP contribution in [0.4, 0.5) is 5.69 Å². The first-order valence-electron chi connectivity index (χ1n) is 7.87. The molecular formula is C19H24N2O2. The summed E-state index contributed by atoms with van der Waals surface area (Å²) in [6.07, 6.45) is 0.404. The van der Waals surface area contributed by atoms with Gasteiger partial charge in [-0.15, -0.1) is 0 Å². The molecule has 0 aromatic heterocycles. The SMILES string of the molecule is CC(C)NC(=O)Cc1ccc(NCc2ccc(CO)cc2)cc1. The Bertz CT molecular complexity index is 619. The van der Waals surface area contributed by atoms with E-state index in [0.717, 1.165) is 28.9 Å². The van der Waals surface area contributed by atoms with Crippen molar-refractivity contribution >= 4 is 11.6 Å². The number of nitrogens with one attached hydrogen (secondary N) is 2. The number of aliphatic hydroxyl groups is 1. The van der Waals surface area contributed by atoms with Gasteiger partial charge in [0.05, 0.1) is 13.0 Å². The third kappa shape index (κ3) is 5.75. The summed E-state index contributed by atoms with van der Waals surface area (Å²) in [7, 11) is 0. The lowest BCUT2D eigenvalue weighted by molar-refractivity contribution is -0.120. The first-order chi connectivity index (χ1) is 11.1. The van der Waals surface area contributed by atoms with Gasteiger partial charge >= 0.3 is 0 Å². The Morgan fingerprint density at radius 1 is 0.957 bits per heavy atom. The van der Waals surface area contributed by atoms with E-state index in [9.17, 15) is 4.79 Å². The van der Waals surface area contributed by atoms with Crippen LogP contribution in [0.2, 0.25) is 0 Å². The maximum Gasteiger partial charge on any atom is 0.224 e. The summed E-state index contributed by atoms with van der Waals surface area (Å²) in [4.78, 5) is 11.7. The minimum absolute atomic E-state index is 0.0460. The highest BCUT2D eigenvalue weighted by Gasteiger charge is 2.04. The number of carbonyl (C=O) groups excluding carboxylic acids is 1. The van der Waals surface area contributed by atoms with E-state index >= 15 is 0 Å². The van der Waals surface area contributed by atoms with Crippen LogP contribution < -0.4 is 10.6 Å². The van der Waals surface area contributed by atoms with Crippen LogP contribution in [0.15, 0.2) is 48.5 Å². The Morgan fingerprint density at radius 3 is 2.09 bits per heavy atom. The molecule has 2 rings (SSSR count). The lowest BCUT2D eigenvalue weighted by Gasteiger charge is -2.10. The molecule has 0 unspecified atom stereocenters. The van der Waals surface area contributed by atoms with Crippen LogP contribution in [0.5, 0.6) is 0 Å². The standard InChI is InChI=1S/C19H24N2O2/c1-14(2)21-19(23)11-15-7-9-18(10-8-15)20-12-16-3-5-17(13-22)6-4-16/h3-10,14,20,22H,11-13H2,1-2H3,(H,21,23). The van der Waals surface area contributed by atoms with Gasteiger partial charge < -0.3 is 15.7 Å². The molecule has 0 aliphatic rings. The normalized spacial score (nSPS) is 10.6. The van der Waals surface area contributed by atoms with Crippen LogP contribution in [0.25, 0.3) is 0 Å². The molecule has 0 radical (unpaired) electrons. The number of amides is 1. The minimum Gasteiger partial charge on any atom is -0.392 e. The molecule has 0 bridgehead atoms. The van der Waals surface area contributed by atoms with Crippen molar-refractivity contribution in [2.75, 3.05) is 5.32 Å². The fourth-order valence-corrected chi connectivity index (χ4v) is 2.27. The Hall–Kier alpha value is -2.33. The van der Waals surface area contributed by atoms with Crippen molar-refractivity contribution < 1.29 is 9.90 Å². The van der Waals surface area contributed by atoms with Crippen molar-refractivity contribution in [3.63, 3.8) is 0 Å². The molecule has 4 nitrogen and oxygen atoms in total. The van der Waals surface area contributed by atoms with E-state index in [1.54, 1.807) is 0 Å². The number of aliphatic hydroxyl groups excluding tert-OH is 1. The third-order valence-electron chi connectivity index (χ3n) is 3.47. The van der Waals surface area contributed by atoms with E-state index in [1.807, 2.05) is 62.4 Å². The van der Waals surface area contributed by atoms with Crippen molar-refractivity contribution in [1.29, 1.82) is 0 Å². The average Bonchev–Trinajstić information content (AvgIpc) is 2.54. The summed E-state index contributed by atoms with van der Waals surface area (Å²) in [6.45, 7) is 4.70. The smallest absolute Gasteiger partial charge is 0.224 e. The van der Waals surface area contributed by atoms with Crippen LogP contribution in [0, 0.1) is 0 Å². The van der Waals surface area contributed by atoms with Gasteiger partial charge in [-0.05, 0) is 42.7 Å². The molecule has 122 valence electrons. The second-order valence-electron chi connectivity index (χ2n) is 5.92. The fourth-order valence-electron chi connectivity index (χ4n) is 2.27. The fraction of sp³-hybridized carbons (Fsp3) is 0.316. The van der Waals surface area contributed by atoms with Crippen LogP contribution >= 0.6 is 0 Å². The Kier molecular flexibility index (Phi) is 6.18. The van der Waals surface area contributed by atoms with E-state index in [1.165, 1.54) is 0 Å². The van der Waals surface area contributed by atoms with Gasteiger partial charge in [-0.2, -0.15) is 0 Å². The zero-order valence-electron chi connectivity index (χ0n) is 13.7. The van der Waals surface area contributed by atoms with Gasteiger partial charge in [-0.25, -0.2) is 0 Å². The predicted molar refractivity (Wildman–Crippen MR) is 93.1 cm³/mol. The van der Waals surface area contributed by atoms with E-state index in [4.69, 9.17) is 5.11 Å². The van der Waals surface area contributed by atoms with Crippen LogP contribution in [0.3, 0.4) is 0 Å². The van der Waals surface area contributed by atoms with Gasteiger partial charge in [0, 0.05) is 18.3 Å². The second-order valence-corrected chi connectivity index (χ2v) is 5.92. The first kappa shape index (κ1) is 17.0. The quantitative estimate of drug-likeness (QED) is 0.737. The molecule has 0 spiro atoms.